The minimum absolute atomic E-state index is 0.121. The van der Waals surface area contributed by atoms with Gasteiger partial charge in [0.2, 0.25) is 5.91 Å². The van der Waals surface area contributed by atoms with Crippen LogP contribution in [0.1, 0.15) is 30.4 Å². The molecule has 1 amide bonds. The molecule has 0 aliphatic carbocycles. The van der Waals surface area contributed by atoms with Crippen LogP contribution in [0.5, 0.6) is 0 Å². The molecule has 0 atom stereocenters. The highest BCUT2D eigenvalue weighted by molar-refractivity contribution is 9.10. The number of nitrogens with one attached hydrogen (secondary N) is 1. The van der Waals surface area contributed by atoms with E-state index in [2.05, 4.69) is 26.3 Å². The SMILES string of the molecule is CCCc1nc2ccc(Br)cc2c(=O)n1N=Cc1c(C)n(CC(=O)Nc2ccccc2)c2ccccc12. The molecule has 0 spiro atoms. The Morgan fingerprint density at radius 2 is 1.81 bits per heavy atom. The van der Waals surface area contributed by atoms with Gasteiger partial charge in [-0.1, -0.05) is 59.3 Å². The summed E-state index contributed by atoms with van der Waals surface area (Å²) in [6.45, 7) is 4.16. The van der Waals surface area contributed by atoms with Gasteiger partial charge in [0.25, 0.3) is 5.56 Å². The molecule has 7 nitrogen and oxygen atoms in total. The largest absolute Gasteiger partial charge is 0.335 e. The highest BCUT2D eigenvalue weighted by Crippen LogP contribution is 2.25. The molecule has 0 aliphatic heterocycles. The first-order valence-corrected chi connectivity index (χ1v) is 12.9. The van der Waals surface area contributed by atoms with E-state index in [9.17, 15) is 9.59 Å². The Morgan fingerprint density at radius 1 is 1.05 bits per heavy atom. The number of carbonyl (C=O) groups excluding carboxylic acids is 1. The number of benzene rings is 3. The van der Waals surface area contributed by atoms with Crippen LogP contribution in [0.2, 0.25) is 0 Å². The van der Waals surface area contributed by atoms with Crippen molar-refractivity contribution in [2.24, 2.45) is 5.10 Å². The van der Waals surface area contributed by atoms with Crippen molar-refractivity contribution in [3.8, 4) is 0 Å². The lowest BCUT2D eigenvalue weighted by Crippen LogP contribution is -2.22. The maximum atomic E-state index is 13.4. The van der Waals surface area contributed by atoms with E-state index in [1.54, 1.807) is 12.3 Å². The number of aromatic nitrogens is 3. The molecule has 186 valence electrons. The second-order valence-corrected chi connectivity index (χ2v) is 9.73. The van der Waals surface area contributed by atoms with Gasteiger partial charge in [-0.2, -0.15) is 9.78 Å². The van der Waals surface area contributed by atoms with Gasteiger partial charge in [-0.25, -0.2) is 4.98 Å². The molecule has 0 bridgehead atoms. The summed E-state index contributed by atoms with van der Waals surface area (Å²) in [4.78, 5) is 31.0. The smallest absolute Gasteiger partial charge is 0.282 e. The summed E-state index contributed by atoms with van der Waals surface area (Å²) in [5, 5.41) is 9.04. The van der Waals surface area contributed by atoms with Crippen LogP contribution < -0.4 is 10.9 Å². The Kier molecular flexibility index (Phi) is 7.01. The van der Waals surface area contributed by atoms with Crippen molar-refractivity contribution in [2.75, 3.05) is 5.32 Å². The summed E-state index contributed by atoms with van der Waals surface area (Å²) in [6, 6.07) is 22.8. The van der Waals surface area contributed by atoms with E-state index in [0.29, 0.717) is 23.1 Å². The third-order valence-corrected chi connectivity index (χ3v) is 6.78. The number of hydrogen-bond acceptors (Lipinski definition) is 4. The summed E-state index contributed by atoms with van der Waals surface area (Å²) >= 11 is 3.45. The van der Waals surface area contributed by atoms with Crippen LogP contribution in [-0.4, -0.2) is 26.3 Å². The number of nitrogens with zero attached hydrogens (tertiary/aromatic N) is 4. The molecule has 0 fully saturated rings. The van der Waals surface area contributed by atoms with Crippen LogP contribution in [0.25, 0.3) is 21.8 Å². The summed E-state index contributed by atoms with van der Waals surface area (Å²) in [7, 11) is 0. The van der Waals surface area contributed by atoms with E-state index in [-0.39, 0.29) is 18.0 Å². The van der Waals surface area contributed by atoms with E-state index in [1.807, 2.05) is 85.1 Å². The summed E-state index contributed by atoms with van der Waals surface area (Å²) < 4.78 is 4.18. The van der Waals surface area contributed by atoms with Crippen LogP contribution in [0.4, 0.5) is 5.69 Å². The van der Waals surface area contributed by atoms with Gasteiger partial charge in [-0.05, 0) is 49.7 Å². The number of anilines is 1. The molecular weight excluding hydrogens is 530 g/mol. The van der Waals surface area contributed by atoms with Crippen molar-refractivity contribution >= 4 is 55.5 Å². The maximum absolute atomic E-state index is 13.4. The molecule has 0 aliphatic rings. The van der Waals surface area contributed by atoms with Crippen LogP contribution in [0.3, 0.4) is 0 Å². The first-order valence-electron chi connectivity index (χ1n) is 12.1. The fourth-order valence-electron chi connectivity index (χ4n) is 4.50. The fraction of sp³-hybridized carbons (Fsp3) is 0.172. The zero-order chi connectivity index (χ0) is 25.9. The van der Waals surface area contributed by atoms with E-state index >= 15 is 0 Å². The second kappa shape index (κ2) is 10.5. The first kappa shape index (κ1) is 24.6. The van der Waals surface area contributed by atoms with Crippen LogP contribution >= 0.6 is 15.9 Å². The Morgan fingerprint density at radius 3 is 2.59 bits per heavy atom. The molecular formula is C29H26BrN5O2. The molecule has 5 aromatic rings. The number of halogens is 1. The molecule has 37 heavy (non-hydrogen) atoms. The number of amides is 1. The van der Waals surface area contributed by atoms with Gasteiger partial charge < -0.3 is 9.88 Å². The Hall–Kier alpha value is -4.04. The number of para-hydroxylation sites is 2. The third-order valence-electron chi connectivity index (χ3n) is 6.29. The fourth-order valence-corrected chi connectivity index (χ4v) is 4.87. The minimum atomic E-state index is -0.213. The van der Waals surface area contributed by atoms with E-state index in [0.717, 1.165) is 38.7 Å². The molecule has 0 radical (unpaired) electrons. The maximum Gasteiger partial charge on any atom is 0.282 e. The second-order valence-electron chi connectivity index (χ2n) is 8.82. The molecule has 1 N–H and O–H groups in total. The number of carbonyl (C=O) groups is 1. The molecule has 0 saturated heterocycles. The van der Waals surface area contributed by atoms with E-state index < -0.39 is 0 Å². The van der Waals surface area contributed by atoms with E-state index in [1.165, 1.54) is 4.68 Å². The van der Waals surface area contributed by atoms with Crippen molar-refractivity contribution in [3.05, 3.63) is 105 Å². The molecule has 2 heterocycles. The van der Waals surface area contributed by atoms with Gasteiger partial charge in [0.05, 0.1) is 17.1 Å². The predicted octanol–water partition coefficient (Wildman–Crippen LogP) is 5.90. The zero-order valence-electron chi connectivity index (χ0n) is 20.6. The molecule has 0 unspecified atom stereocenters. The van der Waals surface area contributed by atoms with Crippen molar-refractivity contribution in [3.63, 3.8) is 0 Å². The Bertz CT molecular complexity index is 1700. The average Bonchev–Trinajstić information content (AvgIpc) is 3.15. The summed E-state index contributed by atoms with van der Waals surface area (Å²) in [5.74, 6) is 0.492. The van der Waals surface area contributed by atoms with E-state index in [4.69, 9.17) is 4.98 Å². The monoisotopic (exact) mass is 555 g/mol. The van der Waals surface area contributed by atoms with Crippen molar-refractivity contribution in [1.82, 2.24) is 14.2 Å². The quantitative estimate of drug-likeness (QED) is 0.254. The van der Waals surface area contributed by atoms with Crippen LogP contribution in [0.15, 0.2) is 87.2 Å². The lowest BCUT2D eigenvalue weighted by molar-refractivity contribution is -0.116. The van der Waals surface area contributed by atoms with Crippen LogP contribution in [-0.2, 0) is 17.8 Å². The lowest BCUT2D eigenvalue weighted by atomic mass is 10.1. The summed E-state index contributed by atoms with van der Waals surface area (Å²) in [5.41, 5.74) is 3.85. The molecule has 2 aromatic heterocycles. The normalized spacial score (nSPS) is 11.5. The zero-order valence-corrected chi connectivity index (χ0v) is 22.2. The predicted molar refractivity (Wildman–Crippen MR) is 152 cm³/mol. The molecule has 8 heteroatoms. The van der Waals surface area contributed by atoms with Crippen molar-refractivity contribution in [2.45, 2.75) is 33.2 Å². The average molecular weight is 556 g/mol. The number of hydrogen-bond donors (Lipinski definition) is 1. The molecule has 5 rings (SSSR count). The van der Waals surface area contributed by atoms with Crippen molar-refractivity contribution < 1.29 is 4.79 Å². The number of rotatable bonds is 7. The van der Waals surface area contributed by atoms with Gasteiger partial charge in [0, 0.05) is 38.7 Å². The standard InChI is InChI=1S/C29H26BrN5O2/c1-3-9-27-33-25-15-14-20(30)16-23(25)29(37)35(27)31-17-24-19(2)34(26-13-8-7-12-22(24)26)18-28(36)32-21-10-5-4-6-11-21/h4-8,10-17H,3,9,18H2,1-2H3,(H,32,36). The lowest BCUT2D eigenvalue weighted by Gasteiger charge is -2.10. The van der Waals surface area contributed by atoms with Gasteiger partial charge in [0.1, 0.15) is 12.4 Å². The highest BCUT2D eigenvalue weighted by Gasteiger charge is 2.16. The Balaban J connectivity index is 1.56. The molecule has 3 aromatic carbocycles. The minimum Gasteiger partial charge on any atom is -0.335 e. The van der Waals surface area contributed by atoms with Crippen LogP contribution in [0, 0.1) is 6.92 Å². The van der Waals surface area contributed by atoms with Gasteiger partial charge >= 0.3 is 0 Å². The molecule has 0 saturated carbocycles. The van der Waals surface area contributed by atoms with Gasteiger partial charge in [-0.3, -0.25) is 9.59 Å². The van der Waals surface area contributed by atoms with Crippen molar-refractivity contribution in [1.29, 1.82) is 0 Å². The van der Waals surface area contributed by atoms with Gasteiger partial charge in [-0.15, -0.1) is 0 Å². The summed E-state index contributed by atoms with van der Waals surface area (Å²) in [6.07, 6.45) is 3.16. The third kappa shape index (κ3) is 4.97. The Labute approximate surface area is 222 Å². The topological polar surface area (TPSA) is 81.3 Å². The number of fused-ring (bicyclic) bond motifs is 2. The highest BCUT2D eigenvalue weighted by atomic mass is 79.9. The van der Waals surface area contributed by atoms with Gasteiger partial charge in [0.15, 0.2) is 0 Å². The number of aryl methyl sites for hydroxylation is 1. The first-order chi connectivity index (χ1) is 18.0.